The van der Waals surface area contributed by atoms with Crippen LogP contribution in [-0.2, 0) is 22.4 Å². The number of anilines is 2. The molecule has 0 aliphatic rings. The van der Waals surface area contributed by atoms with Gasteiger partial charge in [0.2, 0.25) is 5.95 Å². The van der Waals surface area contributed by atoms with E-state index in [4.69, 9.17) is 16.6 Å². The van der Waals surface area contributed by atoms with E-state index in [9.17, 15) is 19.5 Å². The van der Waals surface area contributed by atoms with Crippen LogP contribution in [0.25, 0.3) is 11.2 Å². The molecular formula is C20H20N7NaO5. The summed E-state index contributed by atoms with van der Waals surface area (Å²) in [6.07, 6.45) is 1.98. The van der Waals surface area contributed by atoms with Gasteiger partial charge in [-0.1, -0.05) is 12.1 Å². The quantitative estimate of drug-likeness (QED) is 0.226. The van der Waals surface area contributed by atoms with E-state index in [-0.39, 0.29) is 53.3 Å². The van der Waals surface area contributed by atoms with E-state index in [1.807, 2.05) is 0 Å². The van der Waals surface area contributed by atoms with Gasteiger partial charge in [0.15, 0.2) is 17.0 Å². The standard InChI is InChI=1S/C20H21N7O5.Na/c21-16-15-17(27-20(22)26-16)23-9-12(24-15)6-3-10-1-4-11(5-2-10)18(30)25-13(19(31)32)7-8-14(28)29;/h1-2,4-5,9,13H,3,6-8H2,(H,25,30)(H,28,29)(H,31,32)(H4,21,22,23,26,27);/q;+1/p-1/t13-;/m0./s1. The Morgan fingerprint density at radius 1 is 1.06 bits per heavy atom. The number of rotatable bonds is 9. The number of carbonyl (C=O) groups excluding carboxylic acids is 2. The molecule has 0 aliphatic carbocycles. The summed E-state index contributed by atoms with van der Waals surface area (Å²) in [5, 5.41) is 22.0. The summed E-state index contributed by atoms with van der Waals surface area (Å²) in [6, 6.07) is 5.27. The number of aromatic nitrogens is 4. The third-order valence-corrected chi connectivity index (χ3v) is 4.63. The third-order valence-electron chi connectivity index (χ3n) is 4.63. The van der Waals surface area contributed by atoms with Gasteiger partial charge in [-0.3, -0.25) is 4.79 Å². The summed E-state index contributed by atoms with van der Waals surface area (Å²) in [4.78, 5) is 50.5. The van der Waals surface area contributed by atoms with Crippen LogP contribution in [0.3, 0.4) is 0 Å². The maximum Gasteiger partial charge on any atom is 1.00 e. The summed E-state index contributed by atoms with van der Waals surface area (Å²) in [7, 11) is 0. The van der Waals surface area contributed by atoms with E-state index in [0.717, 1.165) is 5.56 Å². The van der Waals surface area contributed by atoms with Gasteiger partial charge in [0.05, 0.1) is 11.9 Å². The molecular weight excluding hydrogens is 441 g/mol. The van der Waals surface area contributed by atoms with Gasteiger partial charge in [0.25, 0.3) is 5.91 Å². The zero-order valence-electron chi connectivity index (χ0n) is 17.8. The average Bonchev–Trinajstić information content (AvgIpc) is 2.75. The van der Waals surface area contributed by atoms with E-state index in [2.05, 4.69) is 25.3 Å². The van der Waals surface area contributed by atoms with Crippen LogP contribution >= 0.6 is 0 Å². The molecule has 6 N–H and O–H groups in total. The van der Waals surface area contributed by atoms with Gasteiger partial charge in [0.1, 0.15) is 6.04 Å². The van der Waals surface area contributed by atoms with Crippen LogP contribution in [0.15, 0.2) is 30.5 Å². The molecule has 2 heterocycles. The van der Waals surface area contributed by atoms with Crippen LogP contribution in [0.2, 0.25) is 0 Å². The van der Waals surface area contributed by atoms with Crippen molar-refractivity contribution in [2.45, 2.75) is 31.7 Å². The summed E-state index contributed by atoms with van der Waals surface area (Å²) < 4.78 is 0. The Balaban J connectivity index is 0.00000385. The molecule has 1 amide bonds. The van der Waals surface area contributed by atoms with Gasteiger partial charge in [-0.2, -0.15) is 9.97 Å². The fourth-order valence-electron chi connectivity index (χ4n) is 2.96. The van der Waals surface area contributed by atoms with Gasteiger partial charge in [0, 0.05) is 11.5 Å². The van der Waals surface area contributed by atoms with E-state index in [0.29, 0.717) is 29.7 Å². The van der Waals surface area contributed by atoms with Gasteiger partial charge in [-0.05, 0) is 43.4 Å². The predicted octanol–water partition coefficient (Wildman–Crippen LogP) is -3.91. The maximum absolute atomic E-state index is 12.3. The Kier molecular flexibility index (Phi) is 9.02. The van der Waals surface area contributed by atoms with E-state index in [1.54, 1.807) is 30.5 Å². The number of carboxylic acids is 2. The molecule has 3 aromatic rings. The van der Waals surface area contributed by atoms with Gasteiger partial charge < -0.3 is 31.8 Å². The molecule has 0 fully saturated rings. The minimum atomic E-state index is -1.38. The number of benzene rings is 1. The topological polar surface area (TPSA) is 210 Å². The Morgan fingerprint density at radius 2 is 1.76 bits per heavy atom. The van der Waals surface area contributed by atoms with Crippen molar-refractivity contribution in [2.75, 3.05) is 11.5 Å². The number of nitrogens with two attached hydrogens (primary N) is 2. The SMILES string of the molecule is Nc1nc(N)c2nc(CCc3ccc(C(=O)N[C@@H](CCC(=O)[O-])C(=O)O)cc3)cnc2n1.[Na+]. The van der Waals surface area contributed by atoms with Crippen LogP contribution in [0.1, 0.15) is 34.5 Å². The fourth-order valence-corrected chi connectivity index (χ4v) is 2.96. The first-order valence-corrected chi connectivity index (χ1v) is 9.60. The van der Waals surface area contributed by atoms with E-state index in [1.165, 1.54) is 0 Å². The molecule has 0 bridgehead atoms. The molecule has 0 unspecified atom stereocenters. The largest absolute Gasteiger partial charge is 1.00 e. The number of fused-ring (bicyclic) bond motifs is 1. The first-order valence-electron chi connectivity index (χ1n) is 9.60. The molecule has 13 heteroatoms. The van der Waals surface area contributed by atoms with Crippen molar-refractivity contribution in [3.05, 3.63) is 47.3 Å². The number of nitrogens with one attached hydrogen (secondary N) is 1. The molecule has 0 spiro atoms. The molecule has 12 nitrogen and oxygen atoms in total. The van der Waals surface area contributed by atoms with Crippen LogP contribution in [0.5, 0.6) is 0 Å². The number of aliphatic carboxylic acids is 2. The number of carbonyl (C=O) groups is 3. The monoisotopic (exact) mass is 461 g/mol. The number of nitrogen functional groups attached to an aromatic ring is 2. The molecule has 0 saturated heterocycles. The zero-order valence-corrected chi connectivity index (χ0v) is 19.8. The van der Waals surface area contributed by atoms with Crippen molar-refractivity contribution in [1.29, 1.82) is 0 Å². The number of carboxylic acid groups (broad SMARTS) is 2. The average molecular weight is 461 g/mol. The normalized spacial score (nSPS) is 11.4. The Labute approximate surface area is 210 Å². The van der Waals surface area contributed by atoms with Crippen molar-refractivity contribution in [1.82, 2.24) is 25.3 Å². The molecule has 33 heavy (non-hydrogen) atoms. The molecule has 1 atom stereocenters. The van der Waals surface area contributed by atoms with Crippen molar-refractivity contribution in [3.8, 4) is 0 Å². The smallest absolute Gasteiger partial charge is 0.550 e. The molecule has 0 aliphatic heterocycles. The van der Waals surface area contributed by atoms with Gasteiger partial charge in [-0.25, -0.2) is 14.8 Å². The second-order valence-electron chi connectivity index (χ2n) is 6.97. The van der Waals surface area contributed by atoms with Crippen molar-refractivity contribution in [2.24, 2.45) is 0 Å². The summed E-state index contributed by atoms with van der Waals surface area (Å²) >= 11 is 0. The second kappa shape index (κ2) is 11.5. The van der Waals surface area contributed by atoms with Crippen molar-refractivity contribution >= 4 is 40.8 Å². The number of nitrogens with zero attached hydrogens (tertiary/aromatic N) is 4. The molecule has 166 valence electrons. The van der Waals surface area contributed by atoms with Crippen LogP contribution < -0.4 is 51.4 Å². The molecule has 0 saturated carbocycles. The zero-order chi connectivity index (χ0) is 23.3. The predicted molar refractivity (Wildman–Crippen MR) is 111 cm³/mol. The summed E-state index contributed by atoms with van der Waals surface area (Å²) in [5.74, 6) is -3.14. The van der Waals surface area contributed by atoms with Gasteiger partial charge in [-0.15, -0.1) is 0 Å². The fraction of sp³-hybridized carbons (Fsp3) is 0.250. The first-order chi connectivity index (χ1) is 15.2. The van der Waals surface area contributed by atoms with Crippen LogP contribution in [0.4, 0.5) is 11.8 Å². The Bertz CT molecular complexity index is 1170. The number of hydrogen-bond donors (Lipinski definition) is 4. The molecule has 3 rings (SSSR count). The van der Waals surface area contributed by atoms with E-state index < -0.39 is 30.3 Å². The maximum atomic E-state index is 12.3. The Hall–Kier alpha value is -3.35. The second-order valence-corrected chi connectivity index (χ2v) is 6.97. The summed E-state index contributed by atoms with van der Waals surface area (Å²) in [6.45, 7) is 0. The van der Waals surface area contributed by atoms with Gasteiger partial charge >= 0.3 is 35.5 Å². The van der Waals surface area contributed by atoms with Crippen molar-refractivity contribution < 1.29 is 54.2 Å². The molecule has 0 radical (unpaired) electrons. The van der Waals surface area contributed by atoms with Crippen LogP contribution in [0, 0.1) is 0 Å². The number of aryl methyl sites for hydroxylation is 2. The first kappa shape index (κ1) is 25.9. The van der Waals surface area contributed by atoms with Crippen LogP contribution in [-0.4, -0.2) is 48.9 Å². The summed E-state index contributed by atoms with van der Waals surface area (Å²) in [5.41, 5.74) is 13.9. The minimum absolute atomic E-state index is 0. The third kappa shape index (κ3) is 7.07. The Morgan fingerprint density at radius 3 is 2.39 bits per heavy atom. The molecule has 2 aromatic heterocycles. The number of amides is 1. The van der Waals surface area contributed by atoms with Crippen molar-refractivity contribution in [3.63, 3.8) is 0 Å². The van der Waals surface area contributed by atoms with E-state index >= 15 is 0 Å². The minimum Gasteiger partial charge on any atom is -0.550 e. The number of hydrogen-bond acceptors (Lipinski definition) is 10. The molecule has 1 aromatic carbocycles.